The van der Waals surface area contributed by atoms with Crippen molar-refractivity contribution in [3.8, 4) is 5.75 Å². The number of hydrogen-bond acceptors (Lipinski definition) is 4. The number of carboxylic acids is 1. The molecule has 1 saturated heterocycles. The average molecular weight is 403 g/mol. The summed E-state index contributed by atoms with van der Waals surface area (Å²) in [6, 6.07) is 10.0. The molecule has 2 aliphatic heterocycles. The lowest BCUT2D eigenvalue weighted by Crippen LogP contribution is -2.45. The van der Waals surface area contributed by atoms with Crippen molar-refractivity contribution in [1.82, 2.24) is 4.90 Å². The summed E-state index contributed by atoms with van der Waals surface area (Å²) in [7, 11) is 0. The van der Waals surface area contributed by atoms with Gasteiger partial charge in [0.05, 0.1) is 18.1 Å². The number of ether oxygens (including phenoxy) is 1. The van der Waals surface area contributed by atoms with Gasteiger partial charge >= 0.3 is 5.97 Å². The zero-order valence-corrected chi connectivity index (χ0v) is 15.9. The fourth-order valence-corrected chi connectivity index (χ4v) is 4.46. The van der Waals surface area contributed by atoms with E-state index in [0.29, 0.717) is 19.7 Å². The van der Waals surface area contributed by atoms with Crippen molar-refractivity contribution in [2.45, 2.75) is 31.5 Å². The van der Waals surface area contributed by atoms with Gasteiger partial charge in [-0.1, -0.05) is 24.3 Å². The monoisotopic (exact) mass is 403 g/mol. The molecule has 1 fully saturated rings. The van der Waals surface area contributed by atoms with E-state index in [-0.39, 0.29) is 24.1 Å². The zero-order chi connectivity index (χ0) is 20.6. The van der Waals surface area contributed by atoms with Gasteiger partial charge in [0.15, 0.2) is 11.6 Å². The molecule has 1 unspecified atom stereocenters. The van der Waals surface area contributed by atoms with Crippen LogP contribution in [0, 0.1) is 17.6 Å². The van der Waals surface area contributed by atoms with E-state index in [1.165, 1.54) is 11.1 Å². The Bertz CT molecular complexity index is 925. The predicted octanol–water partition coefficient (Wildman–Crippen LogP) is 3.44. The van der Waals surface area contributed by atoms with Gasteiger partial charge in [0.2, 0.25) is 0 Å². The van der Waals surface area contributed by atoms with E-state index < -0.39 is 29.3 Å². The SMILES string of the molecule is O=C(O)C(Cc1c(F)ccc(O)c1F)CN1CCC2(CC1)OCc1ccccc12. The summed E-state index contributed by atoms with van der Waals surface area (Å²) in [5, 5.41) is 19.1. The number of phenolic OH excluding ortho intramolecular Hbond substituents is 1. The second-order valence-corrected chi connectivity index (χ2v) is 7.84. The highest BCUT2D eigenvalue weighted by Gasteiger charge is 2.42. The molecule has 0 amide bonds. The Balaban J connectivity index is 1.44. The Morgan fingerprint density at radius 3 is 2.62 bits per heavy atom. The number of hydrogen-bond donors (Lipinski definition) is 2. The zero-order valence-electron chi connectivity index (χ0n) is 15.9. The largest absolute Gasteiger partial charge is 0.505 e. The average Bonchev–Trinajstić information content (AvgIpc) is 3.07. The third kappa shape index (κ3) is 3.72. The molecule has 0 radical (unpaired) electrons. The molecule has 7 heteroatoms. The lowest BCUT2D eigenvalue weighted by atomic mass is 9.83. The summed E-state index contributed by atoms with van der Waals surface area (Å²) in [6.45, 7) is 2.05. The van der Waals surface area contributed by atoms with E-state index in [9.17, 15) is 23.8 Å². The standard InChI is InChI=1S/C22H23F2NO4/c23-18-5-6-19(26)20(24)16(18)11-15(21(27)28)12-25-9-7-22(8-10-25)17-4-2-1-3-14(17)13-29-22/h1-6,15,26H,7-13H2,(H,27,28). The van der Waals surface area contributed by atoms with Crippen molar-refractivity contribution in [3.63, 3.8) is 0 Å². The Labute approximate surface area is 167 Å². The van der Waals surface area contributed by atoms with Crippen LogP contribution in [0.1, 0.15) is 29.5 Å². The van der Waals surface area contributed by atoms with Crippen LogP contribution in [0.5, 0.6) is 5.75 Å². The van der Waals surface area contributed by atoms with Gasteiger partial charge in [0.25, 0.3) is 0 Å². The van der Waals surface area contributed by atoms with Gasteiger partial charge in [-0.05, 0) is 42.5 Å². The summed E-state index contributed by atoms with van der Waals surface area (Å²) in [5.41, 5.74) is 1.69. The molecule has 4 rings (SSSR count). The first kappa shape index (κ1) is 19.8. The molecular weight excluding hydrogens is 380 g/mol. The molecule has 29 heavy (non-hydrogen) atoms. The number of aromatic hydroxyl groups is 1. The minimum Gasteiger partial charge on any atom is -0.505 e. The van der Waals surface area contributed by atoms with Gasteiger partial charge in [-0.15, -0.1) is 0 Å². The van der Waals surface area contributed by atoms with Gasteiger partial charge in [-0.25, -0.2) is 8.78 Å². The Morgan fingerprint density at radius 2 is 1.90 bits per heavy atom. The van der Waals surface area contributed by atoms with Crippen LogP contribution in [0.4, 0.5) is 8.78 Å². The maximum Gasteiger partial charge on any atom is 0.308 e. The van der Waals surface area contributed by atoms with E-state index in [4.69, 9.17) is 4.74 Å². The number of nitrogens with zero attached hydrogens (tertiary/aromatic N) is 1. The van der Waals surface area contributed by atoms with Gasteiger partial charge < -0.3 is 19.8 Å². The number of halogens is 2. The van der Waals surface area contributed by atoms with Crippen molar-refractivity contribution in [2.24, 2.45) is 5.92 Å². The molecule has 2 heterocycles. The van der Waals surface area contributed by atoms with Crippen LogP contribution in [-0.4, -0.2) is 40.7 Å². The molecule has 0 aliphatic carbocycles. The fraction of sp³-hybridized carbons (Fsp3) is 0.409. The Morgan fingerprint density at radius 1 is 1.17 bits per heavy atom. The molecule has 2 aliphatic rings. The molecule has 5 nitrogen and oxygen atoms in total. The second kappa shape index (κ2) is 7.72. The molecule has 0 aromatic heterocycles. The van der Waals surface area contributed by atoms with Crippen molar-refractivity contribution in [3.05, 3.63) is 64.7 Å². The number of piperidine rings is 1. The third-order valence-corrected chi connectivity index (χ3v) is 6.12. The van der Waals surface area contributed by atoms with Crippen LogP contribution in [-0.2, 0) is 28.2 Å². The number of carboxylic acid groups (broad SMARTS) is 1. The first-order chi connectivity index (χ1) is 13.9. The minimum atomic E-state index is -1.12. The van der Waals surface area contributed by atoms with Gasteiger partial charge in [0.1, 0.15) is 5.82 Å². The number of phenols is 1. The van der Waals surface area contributed by atoms with E-state index in [0.717, 1.165) is 25.0 Å². The van der Waals surface area contributed by atoms with Crippen LogP contribution in [0.15, 0.2) is 36.4 Å². The number of benzene rings is 2. The molecule has 2 aromatic carbocycles. The van der Waals surface area contributed by atoms with Crippen molar-refractivity contribution in [2.75, 3.05) is 19.6 Å². The second-order valence-electron chi connectivity index (χ2n) is 7.84. The molecule has 0 saturated carbocycles. The Kier molecular flexibility index (Phi) is 5.27. The van der Waals surface area contributed by atoms with Crippen LogP contribution in [0.3, 0.4) is 0 Å². The molecular formula is C22H23F2NO4. The summed E-state index contributed by atoms with van der Waals surface area (Å²) < 4.78 is 34.2. The molecule has 0 bridgehead atoms. The normalized spacial score (nSPS) is 19.2. The molecule has 2 aromatic rings. The summed E-state index contributed by atoms with van der Waals surface area (Å²) in [6.07, 6.45) is 1.17. The highest BCUT2D eigenvalue weighted by molar-refractivity contribution is 5.70. The first-order valence-corrected chi connectivity index (χ1v) is 9.73. The van der Waals surface area contributed by atoms with Crippen LogP contribution < -0.4 is 0 Å². The maximum absolute atomic E-state index is 14.1. The predicted molar refractivity (Wildman–Crippen MR) is 101 cm³/mol. The van der Waals surface area contributed by atoms with Crippen LogP contribution >= 0.6 is 0 Å². The number of fused-ring (bicyclic) bond motifs is 2. The van der Waals surface area contributed by atoms with Crippen molar-refractivity contribution < 1.29 is 28.5 Å². The first-order valence-electron chi connectivity index (χ1n) is 9.73. The van der Waals surface area contributed by atoms with Gasteiger partial charge in [-0.3, -0.25) is 4.79 Å². The van der Waals surface area contributed by atoms with Gasteiger partial charge in [-0.2, -0.15) is 0 Å². The maximum atomic E-state index is 14.1. The highest BCUT2D eigenvalue weighted by atomic mass is 19.1. The topological polar surface area (TPSA) is 70.0 Å². The van der Waals surface area contributed by atoms with Crippen LogP contribution in [0.2, 0.25) is 0 Å². The minimum absolute atomic E-state index is 0.182. The van der Waals surface area contributed by atoms with Gasteiger partial charge in [0, 0.05) is 25.2 Å². The Hall–Kier alpha value is -2.51. The van der Waals surface area contributed by atoms with Crippen molar-refractivity contribution in [1.29, 1.82) is 0 Å². The fourth-order valence-electron chi connectivity index (χ4n) is 4.46. The van der Waals surface area contributed by atoms with Crippen molar-refractivity contribution >= 4 is 5.97 Å². The molecule has 1 atom stereocenters. The third-order valence-electron chi connectivity index (χ3n) is 6.12. The number of rotatable bonds is 5. The lowest BCUT2D eigenvalue weighted by Gasteiger charge is -2.40. The molecule has 2 N–H and O–H groups in total. The van der Waals surface area contributed by atoms with E-state index in [1.807, 2.05) is 17.0 Å². The number of carbonyl (C=O) groups is 1. The summed E-state index contributed by atoms with van der Waals surface area (Å²) >= 11 is 0. The van der Waals surface area contributed by atoms with E-state index in [1.54, 1.807) is 0 Å². The van der Waals surface area contributed by atoms with E-state index >= 15 is 0 Å². The molecule has 1 spiro atoms. The van der Waals surface area contributed by atoms with Crippen LogP contribution in [0.25, 0.3) is 0 Å². The quantitative estimate of drug-likeness (QED) is 0.801. The number of likely N-dealkylation sites (tertiary alicyclic amines) is 1. The summed E-state index contributed by atoms with van der Waals surface area (Å²) in [4.78, 5) is 13.7. The lowest BCUT2D eigenvalue weighted by molar-refractivity contribution is -0.143. The molecule has 154 valence electrons. The summed E-state index contributed by atoms with van der Waals surface area (Å²) in [5.74, 6) is -4.71. The smallest absolute Gasteiger partial charge is 0.308 e. The number of aliphatic carboxylic acids is 1. The highest BCUT2D eigenvalue weighted by Crippen LogP contribution is 2.44. The van der Waals surface area contributed by atoms with E-state index in [2.05, 4.69) is 12.1 Å².